The molecule has 4 nitrogen and oxygen atoms in total. The van der Waals surface area contributed by atoms with Crippen molar-refractivity contribution in [2.24, 2.45) is 11.7 Å². The van der Waals surface area contributed by atoms with Crippen molar-refractivity contribution in [2.75, 3.05) is 19.8 Å². The van der Waals surface area contributed by atoms with E-state index in [1.165, 1.54) is 0 Å². The number of amides is 1. The monoisotopic (exact) mass is 250 g/mol. The van der Waals surface area contributed by atoms with Crippen molar-refractivity contribution in [2.45, 2.75) is 38.6 Å². The van der Waals surface area contributed by atoms with Crippen LogP contribution in [0.3, 0.4) is 0 Å². The SMILES string of the molecule is CC(C)CCOCCNC(=O)C1(N)CC1.Cl. The Labute approximate surface area is 104 Å². The maximum atomic E-state index is 11.4. The number of ether oxygens (including phenoxy) is 1. The number of nitrogens with two attached hydrogens (primary N) is 1. The van der Waals surface area contributed by atoms with E-state index in [0.29, 0.717) is 19.1 Å². The lowest BCUT2D eigenvalue weighted by molar-refractivity contribution is -0.123. The van der Waals surface area contributed by atoms with E-state index in [4.69, 9.17) is 10.5 Å². The molecule has 0 aromatic heterocycles. The van der Waals surface area contributed by atoms with Gasteiger partial charge in [-0.1, -0.05) is 13.8 Å². The lowest BCUT2D eigenvalue weighted by atomic mass is 10.1. The maximum absolute atomic E-state index is 11.4. The minimum absolute atomic E-state index is 0. The first-order valence-corrected chi connectivity index (χ1v) is 5.69. The van der Waals surface area contributed by atoms with Gasteiger partial charge in [-0.05, 0) is 25.2 Å². The van der Waals surface area contributed by atoms with E-state index in [2.05, 4.69) is 19.2 Å². The van der Waals surface area contributed by atoms with Gasteiger partial charge in [0.05, 0.1) is 12.1 Å². The van der Waals surface area contributed by atoms with Crippen LogP contribution in [0.5, 0.6) is 0 Å². The topological polar surface area (TPSA) is 64.3 Å². The summed E-state index contributed by atoms with van der Waals surface area (Å²) in [4.78, 5) is 11.4. The van der Waals surface area contributed by atoms with Crippen molar-refractivity contribution in [1.29, 1.82) is 0 Å². The van der Waals surface area contributed by atoms with E-state index < -0.39 is 5.54 Å². The molecule has 1 fully saturated rings. The Morgan fingerprint density at radius 1 is 1.44 bits per heavy atom. The fourth-order valence-electron chi connectivity index (χ4n) is 1.20. The minimum atomic E-state index is -0.558. The van der Waals surface area contributed by atoms with E-state index in [-0.39, 0.29) is 18.3 Å². The molecule has 1 aliphatic carbocycles. The van der Waals surface area contributed by atoms with Crippen LogP contribution in [-0.4, -0.2) is 31.2 Å². The zero-order valence-electron chi connectivity index (χ0n) is 10.1. The predicted octanol–water partition coefficient (Wildman–Crippen LogP) is 1.08. The fraction of sp³-hybridized carbons (Fsp3) is 0.909. The van der Waals surface area contributed by atoms with E-state index in [1.807, 2.05) is 0 Å². The van der Waals surface area contributed by atoms with Gasteiger partial charge in [-0.15, -0.1) is 12.4 Å². The zero-order valence-corrected chi connectivity index (χ0v) is 10.9. The highest BCUT2D eigenvalue weighted by atomic mass is 35.5. The first kappa shape index (κ1) is 15.7. The van der Waals surface area contributed by atoms with Crippen LogP contribution < -0.4 is 11.1 Å². The average Bonchev–Trinajstić information content (AvgIpc) is 2.90. The third kappa shape index (κ3) is 5.68. The lowest BCUT2D eigenvalue weighted by Gasteiger charge is -2.10. The van der Waals surface area contributed by atoms with Crippen LogP contribution in [0.4, 0.5) is 0 Å². The molecule has 0 spiro atoms. The van der Waals surface area contributed by atoms with E-state index >= 15 is 0 Å². The summed E-state index contributed by atoms with van der Waals surface area (Å²) >= 11 is 0. The molecule has 1 amide bonds. The van der Waals surface area contributed by atoms with E-state index in [9.17, 15) is 4.79 Å². The second kappa shape index (κ2) is 7.09. The van der Waals surface area contributed by atoms with Crippen molar-refractivity contribution >= 4 is 18.3 Å². The smallest absolute Gasteiger partial charge is 0.240 e. The Balaban J connectivity index is 0.00000225. The molecule has 0 aliphatic heterocycles. The van der Waals surface area contributed by atoms with Crippen molar-refractivity contribution in [3.05, 3.63) is 0 Å². The van der Waals surface area contributed by atoms with Crippen LogP contribution in [0, 0.1) is 5.92 Å². The number of nitrogens with one attached hydrogen (secondary N) is 1. The highest BCUT2D eigenvalue weighted by Crippen LogP contribution is 2.31. The third-order valence-corrected chi connectivity index (χ3v) is 2.61. The normalized spacial score (nSPS) is 16.8. The summed E-state index contributed by atoms with van der Waals surface area (Å²) in [6.45, 7) is 6.23. The van der Waals surface area contributed by atoms with Gasteiger partial charge < -0.3 is 15.8 Å². The second-order valence-corrected chi connectivity index (χ2v) is 4.71. The molecule has 0 heterocycles. The molecule has 5 heteroatoms. The van der Waals surface area contributed by atoms with Crippen LogP contribution in [0.15, 0.2) is 0 Å². The summed E-state index contributed by atoms with van der Waals surface area (Å²) in [6, 6.07) is 0. The summed E-state index contributed by atoms with van der Waals surface area (Å²) in [6.07, 6.45) is 2.69. The second-order valence-electron chi connectivity index (χ2n) is 4.71. The first-order valence-electron chi connectivity index (χ1n) is 5.69. The summed E-state index contributed by atoms with van der Waals surface area (Å²) in [7, 11) is 0. The lowest BCUT2D eigenvalue weighted by Crippen LogP contribution is -2.43. The summed E-state index contributed by atoms with van der Waals surface area (Å²) in [5.74, 6) is 0.633. The molecule has 0 aromatic rings. The standard InChI is InChI=1S/C11H22N2O2.ClH/c1-9(2)3-7-15-8-6-13-10(14)11(12)4-5-11;/h9H,3-8,12H2,1-2H3,(H,13,14);1H. The van der Waals surface area contributed by atoms with Crippen molar-refractivity contribution in [3.63, 3.8) is 0 Å². The Kier molecular flexibility index (Phi) is 6.95. The largest absolute Gasteiger partial charge is 0.380 e. The highest BCUT2D eigenvalue weighted by Gasteiger charge is 2.45. The molecule has 0 atom stereocenters. The van der Waals surface area contributed by atoms with Crippen LogP contribution in [0.1, 0.15) is 33.1 Å². The Morgan fingerprint density at radius 2 is 2.06 bits per heavy atom. The summed E-state index contributed by atoms with van der Waals surface area (Å²) in [5, 5.41) is 2.78. The van der Waals surface area contributed by atoms with Gasteiger partial charge in [0.15, 0.2) is 0 Å². The number of rotatable bonds is 7. The van der Waals surface area contributed by atoms with Crippen molar-refractivity contribution in [3.8, 4) is 0 Å². The van der Waals surface area contributed by atoms with Gasteiger partial charge in [0, 0.05) is 13.2 Å². The zero-order chi connectivity index (χ0) is 11.3. The summed E-state index contributed by atoms with van der Waals surface area (Å²) < 4.78 is 5.37. The molecule has 1 aliphatic rings. The first-order chi connectivity index (χ1) is 7.04. The summed E-state index contributed by atoms with van der Waals surface area (Å²) in [5.41, 5.74) is 5.16. The number of halogens is 1. The van der Waals surface area contributed by atoms with Crippen molar-refractivity contribution < 1.29 is 9.53 Å². The molecule has 1 rings (SSSR count). The molecular weight excluding hydrogens is 228 g/mol. The average molecular weight is 251 g/mol. The van der Waals surface area contributed by atoms with Crippen molar-refractivity contribution in [1.82, 2.24) is 5.32 Å². The predicted molar refractivity (Wildman–Crippen MR) is 66.7 cm³/mol. The van der Waals surface area contributed by atoms with Crippen LogP contribution >= 0.6 is 12.4 Å². The van der Waals surface area contributed by atoms with Gasteiger partial charge in [-0.3, -0.25) is 4.79 Å². The Morgan fingerprint density at radius 3 is 2.56 bits per heavy atom. The van der Waals surface area contributed by atoms with E-state index in [1.54, 1.807) is 0 Å². The van der Waals surface area contributed by atoms with E-state index in [0.717, 1.165) is 25.9 Å². The van der Waals surface area contributed by atoms with Crippen LogP contribution in [0.2, 0.25) is 0 Å². The number of carbonyl (C=O) groups is 1. The molecule has 1 saturated carbocycles. The van der Waals surface area contributed by atoms with Gasteiger partial charge in [-0.25, -0.2) is 0 Å². The molecule has 3 N–H and O–H groups in total. The molecule has 0 aromatic carbocycles. The van der Waals surface area contributed by atoms with Gasteiger partial charge in [-0.2, -0.15) is 0 Å². The molecule has 16 heavy (non-hydrogen) atoms. The molecule has 0 bridgehead atoms. The molecule has 0 unspecified atom stereocenters. The third-order valence-electron chi connectivity index (χ3n) is 2.61. The number of hydrogen-bond acceptors (Lipinski definition) is 3. The Hall–Kier alpha value is -0.320. The number of hydrogen-bond donors (Lipinski definition) is 2. The quantitative estimate of drug-likeness (QED) is 0.665. The number of carbonyl (C=O) groups excluding carboxylic acids is 1. The molecule has 96 valence electrons. The van der Waals surface area contributed by atoms with Gasteiger partial charge >= 0.3 is 0 Å². The maximum Gasteiger partial charge on any atom is 0.240 e. The molecule has 0 radical (unpaired) electrons. The van der Waals surface area contributed by atoms with Gasteiger partial charge in [0.2, 0.25) is 5.91 Å². The van der Waals surface area contributed by atoms with Gasteiger partial charge in [0.25, 0.3) is 0 Å². The molecular formula is C11H23ClN2O2. The van der Waals surface area contributed by atoms with Crippen LogP contribution in [0.25, 0.3) is 0 Å². The van der Waals surface area contributed by atoms with Crippen LogP contribution in [-0.2, 0) is 9.53 Å². The molecule has 0 saturated heterocycles. The van der Waals surface area contributed by atoms with Gasteiger partial charge in [0.1, 0.15) is 0 Å². The highest BCUT2D eigenvalue weighted by molar-refractivity contribution is 5.88. The fourth-order valence-corrected chi connectivity index (χ4v) is 1.20. The minimum Gasteiger partial charge on any atom is -0.380 e. The Bertz CT molecular complexity index is 218.